The van der Waals surface area contributed by atoms with Crippen LogP contribution in [0.4, 0.5) is 4.39 Å². The highest BCUT2D eigenvalue weighted by Crippen LogP contribution is 2.30. The van der Waals surface area contributed by atoms with Crippen LogP contribution < -0.4 is 5.56 Å². The predicted octanol–water partition coefficient (Wildman–Crippen LogP) is 3.93. The van der Waals surface area contributed by atoms with E-state index >= 15 is 0 Å². The second-order valence-electron chi connectivity index (χ2n) is 7.75. The summed E-state index contributed by atoms with van der Waals surface area (Å²) in [5.74, 6) is -0.827. The zero-order chi connectivity index (χ0) is 21.9. The molecular weight excluding hydrogens is 423 g/mol. The molecule has 5 rings (SSSR count). The Morgan fingerprint density at radius 3 is 2.84 bits per heavy atom. The molecule has 1 aliphatic heterocycles. The topological polar surface area (TPSA) is 73.3 Å². The van der Waals surface area contributed by atoms with Crippen LogP contribution in [0.25, 0.3) is 16.7 Å². The van der Waals surface area contributed by atoms with Gasteiger partial charge in [0.25, 0.3) is 11.5 Å². The Hall–Kier alpha value is -3.39. The molecule has 158 valence electrons. The van der Waals surface area contributed by atoms with E-state index in [4.69, 9.17) is 16.0 Å². The molecule has 0 N–H and O–H groups in total. The van der Waals surface area contributed by atoms with E-state index in [2.05, 4.69) is 4.98 Å². The van der Waals surface area contributed by atoms with Crippen molar-refractivity contribution in [3.63, 3.8) is 0 Å². The highest BCUT2D eigenvalue weighted by atomic mass is 35.5. The Bertz CT molecular complexity index is 1400. The molecular formula is C22H18ClFN4O3. The van der Waals surface area contributed by atoms with Crippen molar-refractivity contribution < 1.29 is 13.6 Å². The molecule has 0 saturated carbocycles. The summed E-state index contributed by atoms with van der Waals surface area (Å²) in [6, 6.07) is 5.83. The van der Waals surface area contributed by atoms with E-state index in [1.807, 2.05) is 13.8 Å². The second kappa shape index (κ2) is 7.09. The van der Waals surface area contributed by atoms with Crippen LogP contribution in [0, 0.1) is 12.7 Å². The van der Waals surface area contributed by atoms with Gasteiger partial charge in [-0.2, -0.15) is 0 Å². The highest BCUT2D eigenvalue weighted by molar-refractivity contribution is 6.31. The molecule has 1 atom stereocenters. The van der Waals surface area contributed by atoms with Gasteiger partial charge in [0.1, 0.15) is 11.4 Å². The first-order chi connectivity index (χ1) is 14.8. The lowest BCUT2D eigenvalue weighted by Crippen LogP contribution is -2.49. The van der Waals surface area contributed by atoms with Gasteiger partial charge in [0.15, 0.2) is 11.4 Å². The average Bonchev–Trinajstić information content (AvgIpc) is 3.32. The quantitative estimate of drug-likeness (QED) is 0.484. The van der Waals surface area contributed by atoms with E-state index in [1.165, 1.54) is 16.9 Å². The zero-order valence-electron chi connectivity index (χ0n) is 16.8. The van der Waals surface area contributed by atoms with Crippen LogP contribution in [-0.2, 0) is 13.1 Å². The maximum absolute atomic E-state index is 14.1. The van der Waals surface area contributed by atoms with Crippen molar-refractivity contribution in [3.05, 3.63) is 81.2 Å². The van der Waals surface area contributed by atoms with Crippen molar-refractivity contribution in [3.8, 4) is 5.69 Å². The number of hydrogen-bond donors (Lipinski definition) is 0. The smallest absolute Gasteiger partial charge is 0.275 e. The molecule has 4 heterocycles. The molecule has 1 aliphatic rings. The number of aryl methyl sites for hydroxylation is 1. The first kappa shape index (κ1) is 19.6. The number of furan rings is 1. The standard InChI is InChI=1S/C22H18ClFN4O3/c1-12-7-26(11-25-12)18-3-4-19-22(30)27(13(2)8-28(19)21(18)29)9-14-10-31-20-16(14)5-15(23)6-17(20)24/h3-7,10-11,13H,8-9H2,1-2H3/t13-/m1/s1. The highest BCUT2D eigenvalue weighted by Gasteiger charge is 2.32. The van der Waals surface area contributed by atoms with Gasteiger partial charge in [-0.05, 0) is 38.1 Å². The molecule has 0 fully saturated rings. The first-order valence-electron chi connectivity index (χ1n) is 9.74. The Morgan fingerprint density at radius 1 is 1.29 bits per heavy atom. The minimum absolute atomic E-state index is 0.105. The maximum atomic E-state index is 14.1. The Labute approximate surface area is 181 Å². The number of aromatic nitrogens is 3. The Morgan fingerprint density at radius 2 is 2.10 bits per heavy atom. The summed E-state index contributed by atoms with van der Waals surface area (Å²) in [6.07, 6.45) is 4.78. The molecule has 0 unspecified atom stereocenters. The Balaban J connectivity index is 1.52. The van der Waals surface area contributed by atoms with Crippen LogP contribution in [0.1, 0.15) is 28.7 Å². The Kier molecular flexibility index (Phi) is 4.48. The maximum Gasteiger partial charge on any atom is 0.275 e. The van der Waals surface area contributed by atoms with Gasteiger partial charge in [-0.25, -0.2) is 9.37 Å². The third-order valence-corrected chi connectivity index (χ3v) is 5.84. The number of carbonyl (C=O) groups excluding carboxylic acids is 1. The van der Waals surface area contributed by atoms with E-state index in [0.717, 1.165) is 5.69 Å². The van der Waals surface area contributed by atoms with Gasteiger partial charge in [0.05, 0.1) is 24.8 Å². The summed E-state index contributed by atoms with van der Waals surface area (Å²) < 4.78 is 22.6. The number of benzene rings is 1. The first-order valence-corrected chi connectivity index (χ1v) is 10.1. The largest absolute Gasteiger partial charge is 0.461 e. The molecule has 31 heavy (non-hydrogen) atoms. The summed E-state index contributed by atoms with van der Waals surface area (Å²) in [5, 5.41) is 0.781. The number of pyridine rings is 1. The average molecular weight is 441 g/mol. The van der Waals surface area contributed by atoms with Crippen LogP contribution in [0.5, 0.6) is 0 Å². The number of fused-ring (bicyclic) bond motifs is 2. The van der Waals surface area contributed by atoms with Gasteiger partial charge >= 0.3 is 0 Å². The summed E-state index contributed by atoms with van der Waals surface area (Å²) in [5.41, 5.74) is 2.04. The lowest BCUT2D eigenvalue weighted by atomic mass is 10.1. The minimum atomic E-state index is -0.550. The fraction of sp³-hybridized carbons (Fsp3) is 0.227. The molecule has 0 spiro atoms. The van der Waals surface area contributed by atoms with Crippen LogP contribution in [-0.4, -0.2) is 31.0 Å². The van der Waals surface area contributed by atoms with Crippen LogP contribution in [0.15, 0.2) is 52.3 Å². The van der Waals surface area contributed by atoms with Crippen LogP contribution in [0.3, 0.4) is 0 Å². The molecule has 9 heteroatoms. The molecule has 1 aromatic carbocycles. The summed E-state index contributed by atoms with van der Waals surface area (Å²) in [4.78, 5) is 32.1. The van der Waals surface area contributed by atoms with E-state index in [9.17, 15) is 14.0 Å². The summed E-state index contributed by atoms with van der Waals surface area (Å²) in [6.45, 7) is 4.27. The molecule has 0 aliphatic carbocycles. The number of rotatable bonds is 3. The fourth-order valence-corrected chi connectivity index (χ4v) is 4.25. The van der Waals surface area contributed by atoms with Crippen molar-refractivity contribution in [2.45, 2.75) is 33.0 Å². The van der Waals surface area contributed by atoms with Crippen molar-refractivity contribution >= 4 is 28.5 Å². The lowest BCUT2D eigenvalue weighted by Gasteiger charge is -2.35. The molecule has 0 radical (unpaired) electrons. The van der Waals surface area contributed by atoms with Crippen molar-refractivity contribution in [2.24, 2.45) is 0 Å². The SMILES string of the molecule is Cc1cn(-c2ccc3n(c2=O)C[C@@H](C)N(Cc2coc4c(F)cc(Cl)cc24)C3=O)cn1. The third kappa shape index (κ3) is 3.14. The minimum Gasteiger partial charge on any atom is -0.461 e. The van der Waals surface area contributed by atoms with Gasteiger partial charge in [-0.1, -0.05) is 11.6 Å². The number of halogens is 2. The van der Waals surface area contributed by atoms with Gasteiger partial charge in [0.2, 0.25) is 0 Å². The van der Waals surface area contributed by atoms with E-state index in [-0.39, 0.29) is 34.7 Å². The molecule has 3 aromatic heterocycles. The monoisotopic (exact) mass is 440 g/mol. The second-order valence-corrected chi connectivity index (χ2v) is 8.19. The van der Waals surface area contributed by atoms with Crippen LogP contribution >= 0.6 is 11.6 Å². The molecule has 7 nitrogen and oxygen atoms in total. The lowest BCUT2D eigenvalue weighted by molar-refractivity contribution is 0.0590. The molecule has 1 amide bonds. The van der Waals surface area contributed by atoms with Crippen molar-refractivity contribution in [1.82, 2.24) is 19.0 Å². The van der Waals surface area contributed by atoms with E-state index < -0.39 is 5.82 Å². The number of imidazole rings is 1. The number of hydrogen-bond acceptors (Lipinski definition) is 4. The molecule has 4 aromatic rings. The predicted molar refractivity (Wildman–Crippen MR) is 113 cm³/mol. The van der Waals surface area contributed by atoms with Gasteiger partial charge in [0, 0.05) is 34.8 Å². The van der Waals surface area contributed by atoms with E-state index in [1.54, 1.807) is 40.2 Å². The van der Waals surface area contributed by atoms with Crippen molar-refractivity contribution in [2.75, 3.05) is 0 Å². The summed E-state index contributed by atoms with van der Waals surface area (Å²) in [7, 11) is 0. The normalized spacial score (nSPS) is 16.2. The molecule has 0 bridgehead atoms. The molecule has 0 saturated heterocycles. The number of carbonyl (C=O) groups is 1. The van der Waals surface area contributed by atoms with Crippen molar-refractivity contribution in [1.29, 1.82) is 0 Å². The van der Waals surface area contributed by atoms with E-state index in [0.29, 0.717) is 28.9 Å². The van der Waals surface area contributed by atoms with Crippen LogP contribution in [0.2, 0.25) is 5.02 Å². The number of nitrogens with zero attached hydrogens (tertiary/aromatic N) is 4. The van der Waals surface area contributed by atoms with Gasteiger partial charge in [-0.15, -0.1) is 0 Å². The zero-order valence-corrected chi connectivity index (χ0v) is 17.6. The van der Waals surface area contributed by atoms with Gasteiger partial charge < -0.3 is 18.5 Å². The van der Waals surface area contributed by atoms with Gasteiger partial charge in [-0.3, -0.25) is 9.59 Å². The fourth-order valence-electron chi connectivity index (χ4n) is 4.04. The third-order valence-electron chi connectivity index (χ3n) is 5.62. The number of amides is 1. The summed E-state index contributed by atoms with van der Waals surface area (Å²) >= 11 is 6.00.